The van der Waals surface area contributed by atoms with E-state index in [1.807, 2.05) is 0 Å². The standard InChI is InChI=1S/2C8H5Cl3O3.Zn/c2*9-4-1-6(11)7(2-5(4)10)14-3-8(12)13;/h2*1-2H,3H2,(H,12,13);/q;;+2/p-2. The zero-order valence-corrected chi connectivity index (χ0v) is 21.7. The molecule has 0 unspecified atom stereocenters. The van der Waals surface area contributed by atoms with Gasteiger partial charge in [0.2, 0.25) is 0 Å². The van der Waals surface area contributed by atoms with Gasteiger partial charge >= 0.3 is 19.5 Å². The number of carbonyl (C=O) groups excluding carboxylic acids is 2. The Morgan fingerprint density at radius 2 is 0.897 bits per heavy atom. The predicted octanol–water partition coefficient (Wildman–Crippen LogP) is 3.55. The summed E-state index contributed by atoms with van der Waals surface area (Å²) >= 11 is 34.0. The van der Waals surface area contributed by atoms with Crippen molar-refractivity contribution in [2.24, 2.45) is 0 Å². The molecular weight excluding hydrogens is 566 g/mol. The second kappa shape index (κ2) is 13.6. The average molecular weight is 574 g/mol. The number of carboxylic acid groups (broad SMARTS) is 2. The van der Waals surface area contributed by atoms with Gasteiger partial charge in [-0.05, 0) is 12.1 Å². The maximum absolute atomic E-state index is 10.1. The topological polar surface area (TPSA) is 98.7 Å². The summed E-state index contributed by atoms with van der Waals surface area (Å²) in [6, 6.07) is 5.43. The van der Waals surface area contributed by atoms with Crippen LogP contribution in [0.2, 0.25) is 30.1 Å². The number of aliphatic carboxylic acids is 2. The fourth-order valence-electron chi connectivity index (χ4n) is 1.50. The van der Waals surface area contributed by atoms with E-state index in [2.05, 4.69) is 0 Å². The number of hydrogen-bond donors (Lipinski definition) is 0. The largest absolute Gasteiger partial charge is 2.00 e. The minimum Gasteiger partial charge on any atom is -0.546 e. The second-order valence-electron chi connectivity index (χ2n) is 4.71. The van der Waals surface area contributed by atoms with E-state index in [9.17, 15) is 19.8 Å². The van der Waals surface area contributed by atoms with Crippen LogP contribution >= 0.6 is 69.6 Å². The molecule has 2 rings (SSSR count). The van der Waals surface area contributed by atoms with Crippen molar-refractivity contribution in [3.63, 3.8) is 0 Å². The SMILES string of the molecule is O=C([O-])COc1cc(Cl)c(Cl)cc1Cl.O=C([O-])COc1cc(Cl)c(Cl)cc1Cl.[Zn+2]. The molecule has 0 radical (unpaired) electrons. The van der Waals surface area contributed by atoms with Crippen molar-refractivity contribution >= 4 is 81.5 Å². The molecule has 0 aliphatic carbocycles. The number of benzene rings is 2. The van der Waals surface area contributed by atoms with Crippen LogP contribution in [-0.4, -0.2) is 25.2 Å². The summed E-state index contributed by atoms with van der Waals surface area (Å²) in [5, 5.41) is 21.6. The molecule has 0 aromatic heterocycles. The van der Waals surface area contributed by atoms with E-state index < -0.39 is 25.2 Å². The smallest absolute Gasteiger partial charge is 0.546 e. The molecule has 0 amide bonds. The molecule has 0 bridgehead atoms. The van der Waals surface area contributed by atoms with Crippen LogP contribution in [0.4, 0.5) is 0 Å². The normalized spacial score (nSPS) is 9.59. The molecule has 0 heterocycles. The van der Waals surface area contributed by atoms with E-state index in [0.717, 1.165) is 0 Å². The van der Waals surface area contributed by atoms with Crippen molar-refractivity contribution in [1.82, 2.24) is 0 Å². The Morgan fingerprint density at radius 3 is 1.17 bits per heavy atom. The Bertz CT molecular complexity index is 808. The maximum atomic E-state index is 10.1. The van der Waals surface area contributed by atoms with Crippen LogP contribution in [0.15, 0.2) is 24.3 Å². The van der Waals surface area contributed by atoms with Gasteiger partial charge in [0.1, 0.15) is 24.7 Å². The molecule has 29 heavy (non-hydrogen) atoms. The van der Waals surface area contributed by atoms with Gasteiger partial charge in [0, 0.05) is 12.1 Å². The molecule has 0 aliphatic rings. The minimum atomic E-state index is -1.34. The molecule has 13 heteroatoms. The monoisotopic (exact) mass is 570 g/mol. The number of carboxylic acids is 2. The summed E-state index contributed by atoms with van der Waals surface area (Å²) in [7, 11) is 0. The molecule has 2 aromatic carbocycles. The Kier molecular flexibility index (Phi) is 13.3. The van der Waals surface area contributed by atoms with E-state index in [1.54, 1.807) is 0 Å². The van der Waals surface area contributed by atoms with Crippen molar-refractivity contribution in [3.8, 4) is 11.5 Å². The summed E-state index contributed by atoms with van der Waals surface area (Å²) in [4.78, 5) is 20.2. The Hall–Kier alpha value is -0.657. The number of carbonyl (C=O) groups is 2. The third-order valence-electron chi connectivity index (χ3n) is 2.64. The molecular formula is C16H8Cl6O6Zn. The quantitative estimate of drug-likeness (QED) is 0.387. The van der Waals surface area contributed by atoms with Gasteiger partial charge in [0.05, 0.1) is 42.1 Å². The number of rotatable bonds is 6. The summed E-state index contributed by atoms with van der Waals surface area (Å²) in [5.74, 6) is -2.37. The first-order valence-corrected chi connectivity index (χ1v) is 9.22. The van der Waals surface area contributed by atoms with Crippen molar-refractivity contribution in [3.05, 3.63) is 54.4 Å². The average Bonchev–Trinajstić information content (AvgIpc) is 2.59. The Balaban J connectivity index is 0.000000523. The Labute approximate surface area is 208 Å². The summed E-state index contributed by atoms with van der Waals surface area (Å²) in [5.41, 5.74) is 0. The zero-order valence-electron chi connectivity index (χ0n) is 14.1. The van der Waals surface area contributed by atoms with E-state index in [0.29, 0.717) is 0 Å². The van der Waals surface area contributed by atoms with Crippen LogP contribution in [0.3, 0.4) is 0 Å². The Morgan fingerprint density at radius 1 is 0.621 bits per heavy atom. The first kappa shape index (κ1) is 28.3. The van der Waals surface area contributed by atoms with Gasteiger partial charge < -0.3 is 29.3 Å². The minimum absolute atomic E-state index is 0. The van der Waals surface area contributed by atoms with Crippen molar-refractivity contribution in [2.75, 3.05) is 13.2 Å². The van der Waals surface area contributed by atoms with E-state index in [-0.39, 0.29) is 61.1 Å². The molecule has 0 fully saturated rings. The summed E-state index contributed by atoms with van der Waals surface area (Å²) in [6.07, 6.45) is 0. The van der Waals surface area contributed by atoms with Gasteiger partial charge in [-0.25, -0.2) is 0 Å². The molecule has 0 spiro atoms. The molecule has 0 atom stereocenters. The van der Waals surface area contributed by atoms with Gasteiger partial charge in [-0.15, -0.1) is 0 Å². The van der Waals surface area contributed by atoms with Crippen molar-refractivity contribution < 1.29 is 48.8 Å². The fourth-order valence-corrected chi connectivity index (χ4v) is 2.69. The van der Waals surface area contributed by atoms with Crippen LogP contribution in [0, 0.1) is 0 Å². The number of ether oxygens (including phenoxy) is 2. The molecule has 0 saturated heterocycles. The van der Waals surface area contributed by atoms with Gasteiger partial charge in [0.25, 0.3) is 0 Å². The van der Waals surface area contributed by atoms with Crippen LogP contribution in [0.1, 0.15) is 0 Å². The number of hydrogen-bond acceptors (Lipinski definition) is 6. The van der Waals surface area contributed by atoms with Gasteiger partial charge in [-0.2, -0.15) is 0 Å². The maximum Gasteiger partial charge on any atom is 2.00 e. The summed E-state index contributed by atoms with van der Waals surface area (Å²) in [6.45, 7) is -1.17. The molecule has 152 valence electrons. The molecule has 6 nitrogen and oxygen atoms in total. The third-order valence-corrected chi connectivity index (χ3v) is 4.68. The van der Waals surface area contributed by atoms with Crippen LogP contribution in [0.5, 0.6) is 11.5 Å². The first-order valence-electron chi connectivity index (χ1n) is 6.95. The van der Waals surface area contributed by atoms with E-state index in [1.165, 1.54) is 24.3 Å². The second-order valence-corrected chi connectivity index (χ2v) is 7.16. The first-order chi connectivity index (χ1) is 13.0. The third kappa shape index (κ3) is 10.3. The summed E-state index contributed by atoms with van der Waals surface area (Å²) < 4.78 is 9.59. The van der Waals surface area contributed by atoms with Crippen molar-refractivity contribution in [1.29, 1.82) is 0 Å². The van der Waals surface area contributed by atoms with E-state index in [4.69, 9.17) is 79.1 Å². The van der Waals surface area contributed by atoms with Gasteiger partial charge in [-0.3, -0.25) is 0 Å². The van der Waals surface area contributed by atoms with E-state index >= 15 is 0 Å². The molecule has 0 saturated carbocycles. The number of halogens is 6. The van der Waals surface area contributed by atoms with Crippen LogP contribution < -0.4 is 19.7 Å². The van der Waals surface area contributed by atoms with Crippen LogP contribution in [0.25, 0.3) is 0 Å². The van der Waals surface area contributed by atoms with Gasteiger partial charge in [0.15, 0.2) is 0 Å². The molecule has 2 aromatic rings. The zero-order chi connectivity index (χ0) is 21.4. The van der Waals surface area contributed by atoms with Crippen molar-refractivity contribution in [2.45, 2.75) is 0 Å². The molecule has 0 N–H and O–H groups in total. The van der Waals surface area contributed by atoms with Crippen LogP contribution in [-0.2, 0) is 29.1 Å². The van der Waals surface area contributed by atoms with Gasteiger partial charge in [-0.1, -0.05) is 69.6 Å². The molecule has 0 aliphatic heterocycles. The predicted molar refractivity (Wildman–Crippen MR) is 104 cm³/mol. The fraction of sp³-hybridized carbons (Fsp3) is 0.125.